The molecule has 0 aromatic heterocycles. The van der Waals surface area contributed by atoms with Crippen LogP contribution in [0.1, 0.15) is 24.9 Å². The fourth-order valence-corrected chi connectivity index (χ4v) is 2.61. The van der Waals surface area contributed by atoms with Crippen LogP contribution in [0.2, 0.25) is 0 Å². The van der Waals surface area contributed by atoms with Gasteiger partial charge >= 0.3 is 0 Å². The Labute approximate surface area is 119 Å². The van der Waals surface area contributed by atoms with Crippen LogP contribution >= 0.6 is 44.3 Å². The third-order valence-corrected chi connectivity index (χ3v) is 3.09. The van der Waals surface area contributed by atoms with E-state index in [-0.39, 0.29) is 24.2 Å². The van der Waals surface area contributed by atoms with Crippen molar-refractivity contribution in [1.82, 2.24) is 0 Å². The van der Waals surface area contributed by atoms with Crippen molar-refractivity contribution in [2.24, 2.45) is 5.73 Å². The standard InChI is InChI=1S/C11H13Br2NO.ClH/c1-6(2)3-10(14)8-4-7(12)5-9(13)11(8)15;/h4-5,10,15H,1,3,14H2,2H3;1H/t10-;/m1./s1. The maximum absolute atomic E-state index is 9.83. The summed E-state index contributed by atoms with van der Waals surface area (Å²) in [6.45, 7) is 5.73. The van der Waals surface area contributed by atoms with E-state index < -0.39 is 0 Å². The first-order chi connectivity index (χ1) is 6.91. The Morgan fingerprint density at radius 2 is 2.06 bits per heavy atom. The maximum atomic E-state index is 9.83. The average Bonchev–Trinajstić information content (AvgIpc) is 2.09. The van der Waals surface area contributed by atoms with Crippen LogP contribution in [0, 0.1) is 0 Å². The smallest absolute Gasteiger partial charge is 0.134 e. The normalized spacial score (nSPS) is 11.8. The predicted octanol–water partition coefficient (Wildman–Crippen LogP) is 4.31. The highest BCUT2D eigenvalue weighted by Crippen LogP contribution is 2.35. The molecule has 0 radical (unpaired) electrons. The zero-order chi connectivity index (χ0) is 11.6. The molecule has 0 aliphatic heterocycles. The van der Waals surface area contributed by atoms with E-state index in [1.54, 1.807) is 6.07 Å². The van der Waals surface area contributed by atoms with Crippen molar-refractivity contribution in [3.8, 4) is 5.75 Å². The van der Waals surface area contributed by atoms with Gasteiger partial charge in [0.15, 0.2) is 0 Å². The van der Waals surface area contributed by atoms with Crippen LogP contribution in [0.25, 0.3) is 0 Å². The van der Waals surface area contributed by atoms with Gasteiger partial charge in [-0.1, -0.05) is 21.5 Å². The van der Waals surface area contributed by atoms with Crippen molar-refractivity contribution in [2.75, 3.05) is 0 Å². The molecule has 0 bridgehead atoms. The van der Waals surface area contributed by atoms with Gasteiger partial charge in [-0.15, -0.1) is 19.0 Å². The molecule has 90 valence electrons. The summed E-state index contributed by atoms with van der Waals surface area (Å²) in [5, 5.41) is 9.83. The summed E-state index contributed by atoms with van der Waals surface area (Å²) in [5.41, 5.74) is 7.69. The third-order valence-electron chi connectivity index (χ3n) is 2.03. The summed E-state index contributed by atoms with van der Waals surface area (Å²) in [7, 11) is 0. The summed E-state index contributed by atoms with van der Waals surface area (Å²) < 4.78 is 1.53. The van der Waals surface area contributed by atoms with Gasteiger partial charge in [0.05, 0.1) is 4.47 Å². The number of hydrogen-bond acceptors (Lipinski definition) is 2. The second-order valence-corrected chi connectivity index (χ2v) is 5.36. The SMILES string of the molecule is C=C(C)C[C@@H](N)c1cc(Br)cc(Br)c1O.Cl. The van der Waals surface area contributed by atoms with Gasteiger partial charge in [-0.05, 0) is 41.4 Å². The average molecular weight is 371 g/mol. The van der Waals surface area contributed by atoms with Crippen LogP contribution in [0.15, 0.2) is 33.2 Å². The zero-order valence-corrected chi connectivity index (χ0v) is 12.8. The van der Waals surface area contributed by atoms with Gasteiger partial charge in [0.1, 0.15) is 5.75 Å². The van der Waals surface area contributed by atoms with Crippen molar-refractivity contribution < 1.29 is 5.11 Å². The van der Waals surface area contributed by atoms with E-state index in [9.17, 15) is 5.11 Å². The van der Waals surface area contributed by atoms with Gasteiger partial charge in [-0.3, -0.25) is 0 Å². The lowest BCUT2D eigenvalue weighted by Gasteiger charge is -2.15. The molecule has 1 aromatic rings. The van der Waals surface area contributed by atoms with Gasteiger partial charge in [0, 0.05) is 16.1 Å². The minimum absolute atomic E-state index is 0. The first-order valence-electron chi connectivity index (χ1n) is 4.49. The number of hydrogen-bond donors (Lipinski definition) is 2. The Kier molecular flexibility index (Phi) is 6.63. The van der Waals surface area contributed by atoms with E-state index in [0.29, 0.717) is 10.9 Å². The Morgan fingerprint density at radius 1 is 1.50 bits per heavy atom. The molecule has 16 heavy (non-hydrogen) atoms. The van der Waals surface area contributed by atoms with Crippen molar-refractivity contribution in [2.45, 2.75) is 19.4 Å². The lowest BCUT2D eigenvalue weighted by molar-refractivity contribution is 0.457. The molecule has 0 aliphatic carbocycles. The Morgan fingerprint density at radius 3 is 2.56 bits per heavy atom. The van der Waals surface area contributed by atoms with E-state index in [1.807, 2.05) is 13.0 Å². The summed E-state index contributed by atoms with van der Waals surface area (Å²) in [6, 6.07) is 3.39. The highest BCUT2D eigenvalue weighted by molar-refractivity contribution is 9.11. The van der Waals surface area contributed by atoms with Crippen LogP contribution in [0.3, 0.4) is 0 Å². The molecule has 0 saturated heterocycles. The molecule has 0 aliphatic rings. The molecule has 0 fully saturated rings. The van der Waals surface area contributed by atoms with E-state index >= 15 is 0 Å². The number of phenolic OH excluding ortho intramolecular Hbond substituents is 1. The van der Waals surface area contributed by atoms with Crippen LogP contribution in [0.5, 0.6) is 5.75 Å². The minimum Gasteiger partial charge on any atom is -0.506 e. The van der Waals surface area contributed by atoms with Crippen molar-refractivity contribution in [3.05, 3.63) is 38.8 Å². The molecule has 0 saturated carbocycles. The number of nitrogens with two attached hydrogens (primary N) is 1. The second-order valence-electron chi connectivity index (χ2n) is 3.59. The molecule has 1 rings (SSSR count). The van der Waals surface area contributed by atoms with E-state index in [2.05, 4.69) is 38.4 Å². The van der Waals surface area contributed by atoms with Gasteiger partial charge in [0.2, 0.25) is 0 Å². The van der Waals surface area contributed by atoms with E-state index in [1.165, 1.54) is 0 Å². The molecular weight excluding hydrogens is 357 g/mol. The fraction of sp³-hybridized carbons (Fsp3) is 0.273. The number of halogens is 3. The molecule has 0 amide bonds. The molecule has 0 spiro atoms. The van der Waals surface area contributed by atoms with Crippen molar-refractivity contribution in [1.29, 1.82) is 0 Å². The Hall–Kier alpha value is -0.0300. The molecule has 0 heterocycles. The Bertz CT molecular complexity index is 396. The van der Waals surface area contributed by atoms with Crippen molar-refractivity contribution >= 4 is 44.3 Å². The molecular formula is C11H14Br2ClNO. The largest absolute Gasteiger partial charge is 0.506 e. The number of phenols is 1. The van der Waals surface area contributed by atoms with Crippen molar-refractivity contribution in [3.63, 3.8) is 0 Å². The molecule has 1 atom stereocenters. The molecule has 2 nitrogen and oxygen atoms in total. The maximum Gasteiger partial charge on any atom is 0.134 e. The minimum atomic E-state index is -0.226. The summed E-state index contributed by atoms with van der Waals surface area (Å²) in [6.07, 6.45) is 0.663. The summed E-state index contributed by atoms with van der Waals surface area (Å²) >= 11 is 6.64. The fourth-order valence-electron chi connectivity index (χ4n) is 1.35. The number of benzene rings is 1. The molecule has 1 aromatic carbocycles. The zero-order valence-electron chi connectivity index (χ0n) is 8.84. The van der Waals surface area contributed by atoms with Gasteiger partial charge < -0.3 is 10.8 Å². The van der Waals surface area contributed by atoms with Gasteiger partial charge in [-0.25, -0.2) is 0 Å². The quantitative estimate of drug-likeness (QED) is 0.778. The van der Waals surface area contributed by atoms with E-state index in [0.717, 1.165) is 15.6 Å². The molecule has 3 N–H and O–H groups in total. The van der Waals surface area contributed by atoms with Gasteiger partial charge in [-0.2, -0.15) is 0 Å². The lowest BCUT2D eigenvalue weighted by atomic mass is 10.0. The lowest BCUT2D eigenvalue weighted by Crippen LogP contribution is -2.10. The molecule has 0 unspecified atom stereocenters. The summed E-state index contributed by atoms with van der Waals surface area (Å²) in [4.78, 5) is 0. The topological polar surface area (TPSA) is 46.2 Å². The molecule has 5 heteroatoms. The highest BCUT2D eigenvalue weighted by Gasteiger charge is 2.14. The second kappa shape index (κ2) is 6.64. The predicted molar refractivity (Wildman–Crippen MR) is 77.1 cm³/mol. The highest BCUT2D eigenvalue weighted by atomic mass is 79.9. The van der Waals surface area contributed by atoms with Crippen LogP contribution in [-0.2, 0) is 0 Å². The first-order valence-corrected chi connectivity index (χ1v) is 6.08. The van der Waals surface area contributed by atoms with Crippen LogP contribution in [0.4, 0.5) is 0 Å². The number of aromatic hydroxyl groups is 1. The first kappa shape index (κ1) is 16.0. The number of rotatable bonds is 3. The van der Waals surface area contributed by atoms with Crippen LogP contribution in [-0.4, -0.2) is 5.11 Å². The third kappa shape index (κ3) is 4.09. The monoisotopic (exact) mass is 369 g/mol. The van der Waals surface area contributed by atoms with E-state index in [4.69, 9.17) is 5.73 Å². The Balaban J connectivity index is 0.00000225. The van der Waals surface area contributed by atoms with Crippen LogP contribution < -0.4 is 5.73 Å². The van der Waals surface area contributed by atoms with Gasteiger partial charge in [0.25, 0.3) is 0 Å². The summed E-state index contributed by atoms with van der Waals surface area (Å²) in [5.74, 6) is 0.201.